The van der Waals surface area contributed by atoms with Crippen LogP contribution in [0.25, 0.3) is 5.69 Å². The Kier molecular flexibility index (Phi) is 5.52. The van der Waals surface area contributed by atoms with Crippen LogP contribution < -0.4 is 0 Å². The summed E-state index contributed by atoms with van der Waals surface area (Å²) in [4.78, 5) is 17.2. The predicted octanol–water partition coefficient (Wildman–Crippen LogP) is 0.885. The molecule has 144 valence electrons. The number of aliphatic hydroxyl groups is 1. The first kappa shape index (κ1) is 18.2. The standard InChI is InChI=1S/C20H26N4O3/c25-15-18-13-23(12-17(18)11-22-6-8-27-9-7-22)20(26)16-10-21-24(14-16)19-4-2-1-3-5-19/h1-5,10,14,17-18,25H,6-9,11-13,15H2/t17-,18-/m1/s1. The van der Waals surface area contributed by atoms with E-state index in [1.165, 1.54) is 0 Å². The normalized spacial score (nSPS) is 23.7. The van der Waals surface area contributed by atoms with Gasteiger partial charge in [0.05, 0.1) is 30.7 Å². The number of benzene rings is 1. The predicted molar refractivity (Wildman–Crippen MR) is 101 cm³/mol. The zero-order chi connectivity index (χ0) is 18.6. The second kappa shape index (κ2) is 8.21. The van der Waals surface area contributed by atoms with Crippen LogP contribution in [-0.2, 0) is 4.74 Å². The lowest BCUT2D eigenvalue weighted by atomic mass is 9.96. The summed E-state index contributed by atoms with van der Waals surface area (Å²) >= 11 is 0. The summed E-state index contributed by atoms with van der Waals surface area (Å²) in [7, 11) is 0. The largest absolute Gasteiger partial charge is 0.396 e. The molecule has 0 spiro atoms. The maximum absolute atomic E-state index is 12.9. The number of nitrogens with zero attached hydrogens (tertiary/aromatic N) is 4. The highest BCUT2D eigenvalue weighted by Gasteiger charge is 2.36. The van der Waals surface area contributed by atoms with Crippen LogP contribution in [0.2, 0.25) is 0 Å². The Balaban J connectivity index is 1.42. The Labute approximate surface area is 159 Å². The summed E-state index contributed by atoms with van der Waals surface area (Å²) < 4.78 is 7.13. The van der Waals surface area contributed by atoms with Crippen molar-refractivity contribution in [2.45, 2.75) is 0 Å². The van der Waals surface area contributed by atoms with E-state index in [1.54, 1.807) is 17.1 Å². The molecule has 3 heterocycles. The summed E-state index contributed by atoms with van der Waals surface area (Å²) in [5.74, 6) is 0.405. The van der Waals surface area contributed by atoms with Crippen molar-refractivity contribution in [3.05, 3.63) is 48.3 Å². The van der Waals surface area contributed by atoms with Gasteiger partial charge in [0.1, 0.15) is 0 Å². The fourth-order valence-corrected chi connectivity index (χ4v) is 3.97. The van der Waals surface area contributed by atoms with Crippen LogP contribution in [0.1, 0.15) is 10.4 Å². The molecule has 2 aliphatic heterocycles. The molecule has 4 rings (SSSR count). The van der Waals surface area contributed by atoms with Crippen molar-refractivity contribution in [1.29, 1.82) is 0 Å². The van der Waals surface area contributed by atoms with E-state index in [4.69, 9.17) is 4.74 Å². The maximum atomic E-state index is 12.9. The van der Waals surface area contributed by atoms with E-state index >= 15 is 0 Å². The number of aromatic nitrogens is 2. The van der Waals surface area contributed by atoms with Crippen molar-refractivity contribution < 1.29 is 14.6 Å². The van der Waals surface area contributed by atoms with Crippen LogP contribution in [0.5, 0.6) is 0 Å². The summed E-state index contributed by atoms with van der Waals surface area (Å²) in [6.07, 6.45) is 3.40. The average molecular weight is 370 g/mol. The first-order valence-corrected chi connectivity index (χ1v) is 9.55. The number of hydrogen-bond donors (Lipinski definition) is 1. The Morgan fingerprint density at radius 2 is 1.89 bits per heavy atom. The molecule has 0 bridgehead atoms. The number of ether oxygens (including phenoxy) is 1. The van der Waals surface area contributed by atoms with Gasteiger partial charge in [0.25, 0.3) is 5.91 Å². The molecular formula is C20H26N4O3. The zero-order valence-corrected chi connectivity index (χ0v) is 15.4. The fraction of sp³-hybridized carbons (Fsp3) is 0.500. The second-order valence-corrected chi connectivity index (χ2v) is 7.33. The number of carbonyl (C=O) groups is 1. The molecule has 1 aromatic carbocycles. The first-order chi connectivity index (χ1) is 13.2. The molecule has 2 saturated heterocycles. The number of carbonyl (C=O) groups excluding carboxylic acids is 1. The van der Waals surface area contributed by atoms with E-state index in [1.807, 2.05) is 35.2 Å². The minimum atomic E-state index is -0.0138. The second-order valence-electron chi connectivity index (χ2n) is 7.33. The van der Waals surface area contributed by atoms with Gasteiger partial charge in [-0.25, -0.2) is 4.68 Å². The Morgan fingerprint density at radius 1 is 1.15 bits per heavy atom. The summed E-state index contributed by atoms with van der Waals surface area (Å²) in [6.45, 7) is 5.66. The van der Waals surface area contributed by atoms with E-state index in [0.29, 0.717) is 24.6 Å². The highest BCUT2D eigenvalue weighted by molar-refractivity contribution is 5.94. The highest BCUT2D eigenvalue weighted by Crippen LogP contribution is 2.26. The monoisotopic (exact) mass is 370 g/mol. The molecule has 0 unspecified atom stereocenters. The number of rotatable bonds is 5. The molecule has 2 aromatic rings. The van der Waals surface area contributed by atoms with Crippen molar-refractivity contribution in [2.24, 2.45) is 11.8 Å². The van der Waals surface area contributed by atoms with Gasteiger partial charge in [0.15, 0.2) is 0 Å². The molecule has 2 atom stereocenters. The molecule has 27 heavy (non-hydrogen) atoms. The molecule has 1 amide bonds. The Morgan fingerprint density at radius 3 is 2.63 bits per heavy atom. The fourth-order valence-electron chi connectivity index (χ4n) is 3.97. The minimum Gasteiger partial charge on any atom is -0.396 e. The molecule has 1 N–H and O–H groups in total. The van der Waals surface area contributed by atoms with Crippen LogP contribution in [0.4, 0.5) is 0 Å². The van der Waals surface area contributed by atoms with Gasteiger partial charge in [-0.15, -0.1) is 0 Å². The van der Waals surface area contributed by atoms with E-state index < -0.39 is 0 Å². The molecule has 7 heteroatoms. The van der Waals surface area contributed by atoms with Crippen LogP contribution in [0.15, 0.2) is 42.7 Å². The molecule has 7 nitrogen and oxygen atoms in total. The molecule has 1 aromatic heterocycles. The van der Waals surface area contributed by atoms with Gasteiger partial charge in [-0.3, -0.25) is 9.69 Å². The number of aliphatic hydroxyl groups excluding tert-OH is 1. The molecule has 2 aliphatic rings. The molecule has 0 saturated carbocycles. The molecule has 0 aliphatic carbocycles. The van der Waals surface area contributed by atoms with Gasteiger partial charge in [-0.1, -0.05) is 18.2 Å². The first-order valence-electron chi connectivity index (χ1n) is 9.55. The van der Waals surface area contributed by atoms with E-state index in [-0.39, 0.29) is 18.4 Å². The smallest absolute Gasteiger partial charge is 0.257 e. The number of likely N-dealkylation sites (tertiary alicyclic amines) is 1. The van der Waals surface area contributed by atoms with Crippen LogP contribution in [-0.4, -0.2) is 83.1 Å². The summed E-state index contributed by atoms with van der Waals surface area (Å²) in [5.41, 5.74) is 1.51. The topological polar surface area (TPSA) is 70.8 Å². The number of amides is 1. The van der Waals surface area contributed by atoms with Gasteiger partial charge in [-0.2, -0.15) is 5.10 Å². The van der Waals surface area contributed by atoms with Crippen LogP contribution >= 0.6 is 0 Å². The van der Waals surface area contributed by atoms with E-state index in [0.717, 1.165) is 38.5 Å². The SMILES string of the molecule is O=C(c1cnn(-c2ccccc2)c1)N1C[C@@H](CN2CCOCC2)[C@@H](CO)C1. The molecular weight excluding hydrogens is 344 g/mol. The lowest BCUT2D eigenvalue weighted by Crippen LogP contribution is -2.41. The quantitative estimate of drug-likeness (QED) is 0.846. The van der Waals surface area contributed by atoms with Gasteiger partial charge in [0, 0.05) is 51.4 Å². The van der Waals surface area contributed by atoms with Crippen molar-refractivity contribution in [3.8, 4) is 5.69 Å². The third-order valence-corrected chi connectivity index (χ3v) is 5.54. The number of hydrogen-bond acceptors (Lipinski definition) is 5. The van der Waals surface area contributed by atoms with Gasteiger partial charge in [-0.05, 0) is 18.1 Å². The molecule has 0 radical (unpaired) electrons. The van der Waals surface area contributed by atoms with Crippen LogP contribution in [0, 0.1) is 11.8 Å². The number of morpholine rings is 1. The van der Waals surface area contributed by atoms with Gasteiger partial charge in [0.2, 0.25) is 0 Å². The maximum Gasteiger partial charge on any atom is 0.257 e. The average Bonchev–Trinajstić information content (AvgIpc) is 3.36. The van der Waals surface area contributed by atoms with Gasteiger partial charge < -0.3 is 14.7 Å². The van der Waals surface area contributed by atoms with E-state index in [9.17, 15) is 9.90 Å². The number of para-hydroxylation sites is 1. The van der Waals surface area contributed by atoms with Crippen molar-refractivity contribution in [2.75, 3.05) is 52.5 Å². The lowest BCUT2D eigenvalue weighted by Gasteiger charge is -2.30. The minimum absolute atomic E-state index is 0.0138. The third-order valence-electron chi connectivity index (χ3n) is 5.54. The zero-order valence-electron chi connectivity index (χ0n) is 15.4. The Bertz CT molecular complexity index is 758. The third kappa shape index (κ3) is 4.05. The summed E-state index contributed by atoms with van der Waals surface area (Å²) in [5, 5.41) is 14.1. The Hall–Kier alpha value is -2.22. The van der Waals surface area contributed by atoms with Crippen molar-refractivity contribution in [1.82, 2.24) is 19.6 Å². The van der Waals surface area contributed by atoms with E-state index in [2.05, 4.69) is 10.00 Å². The van der Waals surface area contributed by atoms with Crippen molar-refractivity contribution >= 4 is 5.91 Å². The lowest BCUT2D eigenvalue weighted by molar-refractivity contribution is 0.0264. The van der Waals surface area contributed by atoms with Crippen molar-refractivity contribution in [3.63, 3.8) is 0 Å². The van der Waals surface area contributed by atoms with Crippen LogP contribution in [0.3, 0.4) is 0 Å². The summed E-state index contributed by atoms with van der Waals surface area (Å²) in [6, 6.07) is 9.75. The van der Waals surface area contributed by atoms with Gasteiger partial charge >= 0.3 is 0 Å². The molecule has 2 fully saturated rings. The highest BCUT2D eigenvalue weighted by atomic mass is 16.5.